The van der Waals surface area contributed by atoms with Crippen LogP contribution in [0.1, 0.15) is 32.3 Å². The average Bonchev–Trinajstić information content (AvgIpc) is 2.67. The van der Waals surface area contributed by atoms with E-state index in [0.29, 0.717) is 19.6 Å². The largest absolute Gasteiger partial charge is 0.354 e. The summed E-state index contributed by atoms with van der Waals surface area (Å²) in [5.74, 6) is -0.295. The number of sulfonamides is 1. The van der Waals surface area contributed by atoms with Crippen LogP contribution in [0.15, 0.2) is 30.3 Å². The zero-order valence-electron chi connectivity index (χ0n) is 16.7. The first-order chi connectivity index (χ1) is 12.8. The molecule has 2 atom stereocenters. The topological polar surface area (TPSA) is 69.7 Å². The summed E-state index contributed by atoms with van der Waals surface area (Å²) in [6.45, 7) is 7.50. The molecule has 0 saturated carbocycles. The van der Waals surface area contributed by atoms with Gasteiger partial charge in [-0.1, -0.05) is 44.2 Å². The second-order valence-corrected chi connectivity index (χ2v) is 9.25. The maximum absolute atomic E-state index is 12.7. The molecule has 1 aromatic carbocycles. The molecule has 0 spiro atoms. The Hall–Kier alpha value is -1.44. The molecule has 1 N–H and O–H groups in total. The lowest BCUT2D eigenvalue weighted by atomic mass is 9.98. The lowest BCUT2D eigenvalue weighted by Gasteiger charge is -2.32. The van der Waals surface area contributed by atoms with Crippen molar-refractivity contribution in [2.75, 3.05) is 39.0 Å². The Morgan fingerprint density at radius 2 is 1.93 bits per heavy atom. The van der Waals surface area contributed by atoms with Gasteiger partial charge in [0.25, 0.3) is 0 Å². The Balaban J connectivity index is 1.97. The van der Waals surface area contributed by atoms with E-state index in [1.165, 1.54) is 16.1 Å². The van der Waals surface area contributed by atoms with Crippen LogP contribution in [0.3, 0.4) is 0 Å². The van der Waals surface area contributed by atoms with Gasteiger partial charge in [0, 0.05) is 25.7 Å². The molecule has 1 aromatic rings. The number of likely N-dealkylation sites (N-methyl/N-ethyl adjacent to an activating group) is 1. The van der Waals surface area contributed by atoms with E-state index in [2.05, 4.69) is 36.2 Å². The van der Waals surface area contributed by atoms with Gasteiger partial charge in [-0.2, -0.15) is 0 Å². The molecule has 0 radical (unpaired) electrons. The molecule has 0 aliphatic carbocycles. The fourth-order valence-electron chi connectivity index (χ4n) is 3.78. The van der Waals surface area contributed by atoms with Crippen molar-refractivity contribution < 1.29 is 13.2 Å². The molecule has 6 nitrogen and oxygen atoms in total. The Labute approximate surface area is 164 Å². The van der Waals surface area contributed by atoms with Crippen LogP contribution in [-0.4, -0.2) is 68.6 Å². The molecule has 2 rings (SSSR count). The molecule has 1 aliphatic heterocycles. The van der Waals surface area contributed by atoms with Gasteiger partial charge in [0.05, 0.1) is 12.2 Å². The lowest BCUT2D eigenvalue weighted by Crippen LogP contribution is -2.49. The van der Waals surface area contributed by atoms with E-state index in [-0.39, 0.29) is 17.9 Å². The monoisotopic (exact) mass is 395 g/mol. The smallest absolute Gasteiger partial charge is 0.224 e. The van der Waals surface area contributed by atoms with Crippen molar-refractivity contribution in [3.8, 4) is 0 Å². The van der Waals surface area contributed by atoms with Crippen LogP contribution in [0.25, 0.3) is 0 Å². The van der Waals surface area contributed by atoms with Crippen molar-refractivity contribution >= 4 is 15.9 Å². The number of rotatable bonds is 9. The van der Waals surface area contributed by atoms with Crippen molar-refractivity contribution in [2.24, 2.45) is 5.92 Å². The van der Waals surface area contributed by atoms with Gasteiger partial charge in [0.1, 0.15) is 0 Å². The molecule has 1 saturated heterocycles. The second kappa shape index (κ2) is 10.2. The lowest BCUT2D eigenvalue weighted by molar-refractivity contribution is -0.126. The van der Waals surface area contributed by atoms with E-state index in [1.807, 2.05) is 18.2 Å². The second-order valence-electron chi connectivity index (χ2n) is 7.27. The zero-order chi connectivity index (χ0) is 19.9. The molecular weight excluding hydrogens is 362 g/mol. The first-order valence-corrected chi connectivity index (χ1v) is 11.7. The molecule has 0 aromatic heterocycles. The SMILES string of the molecule is CCN(CC)C(CNC(=O)C1CCCN(S(C)(=O)=O)C1)Cc1ccccc1. The Kier molecular flexibility index (Phi) is 8.26. The molecule has 27 heavy (non-hydrogen) atoms. The van der Waals surface area contributed by atoms with Crippen LogP contribution in [0.5, 0.6) is 0 Å². The summed E-state index contributed by atoms with van der Waals surface area (Å²) in [5.41, 5.74) is 1.25. The Bertz CT molecular complexity index is 690. The number of amides is 1. The van der Waals surface area contributed by atoms with Gasteiger partial charge in [-0.05, 0) is 37.9 Å². The molecule has 0 bridgehead atoms. The van der Waals surface area contributed by atoms with Crippen LogP contribution < -0.4 is 5.32 Å². The van der Waals surface area contributed by atoms with Gasteiger partial charge < -0.3 is 5.32 Å². The maximum Gasteiger partial charge on any atom is 0.224 e. The van der Waals surface area contributed by atoms with E-state index in [0.717, 1.165) is 32.4 Å². The van der Waals surface area contributed by atoms with Crippen molar-refractivity contribution in [3.63, 3.8) is 0 Å². The number of nitrogens with zero attached hydrogens (tertiary/aromatic N) is 2. The maximum atomic E-state index is 12.7. The molecule has 1 amide bonds. The number of piperidine rings is 1. The summed E-state index contributed by atoms with van der Waals surface area (Å²) >= 11 is 0. The predicted octanol–water partition coefficient (Wildman–Crippen LogP) is 1.73. The van der Waals surface area contributed by atoms with Crippen molar-refractivity contribution in [1.82, 2.24) is 14.5 Å². The van der Waals surface area contributed by atoms with Crippen LogP contribution in [-0.2, 0) is 21.2 Å². The molecular formula is C20H33N3O3S. The molecule has 7 heteroatoms. The van der Waals surface area contributed by atoms with E-state index >= 15 is 0 Å². The minimum absolute atomic E-state index is 0.0337. The Morgan fingerprint density at radius 1 is 1.26 bits per heavy atom. The van der Waals surface area contributed by atoms with Crippen molar-refractivity contribution in [1.29, 1.82) is 0 Å². The average molecular weight is 396 g/mol. The summed E-state index contributed by atoms with van der Waals surface area (Å²) in [6.07, 6.45) is 3.56. The summed E-state index contributed by atoms with van der Waals surface area (Å²) in [7, 11) is -3.24. The van der Waals surface area contributed by atoms with E-state index in [4.69, 9.17) is 0 Å². The quantitative estimate of drug-likeness (QED) is 0.691. The highest BCUT2D eigenvalue weighted by atomic mass is 32.2. The summed E-state index contributed by atoms with van der Waals surface area (Å²) in [6, 6.07) is 10.5. The first-order valence-electron chi connectivity index (χ1n) is 9.86. The third kappa shape index (κ3) is 6.59. The molecule has 1 fully saturated rings. The summed E-state index contributed by atoms with van der Waals surface area (Å²) < 4.78 is 25.0. The van der Waals surface area contributed by atoms with E-state index in [1.54, 1.807) is 0 Å². The van der Waals surface area contributed by atoms with Crippen LogP contribution >= 0.6 is 0 Å². The highest BCUT2D eigenvalue weighted by Gasteiger charge is 2.30. The van der Waals surface area contributed by atoms with E-state index in [9.17, 15) is 13.2 Å². The third-order valence-electron chi connectivity index (χ3n) is 5.38. The van der Waals surface area contributed by atoms with Gasteiger partial charge in [0.2, 0.25) is 15.9 Å². The van der Waals surface area contributed by atoms with Gasteiger partial charge >= 0.3 is 0 Å². The van der Waals surface area contributed by atoms with E-state index < -0.39 is 10.0 Å². The minimum atomic E-state index is -3.24. The zero-order valence-corrected chi connectivity index (χ0v) is 17.5. The third-order valence-corrected chi connectivity index (χ3v) is 6.65. The summed E-state index contributed by atoms with van der Waals surface area (Å²) in [4.78, 5) is 15.0. The highest BCUT2D eigenvalue weighted by Crippen LogP contribution is 2.19. The standard InChI is InChI=1S/C20H33N3O3S/c1-4-22(5-2)19(14-17-10-7-6-8-11-17)15-21-20(24)18-12-9-13-23(16-18)27(3,25)26/h6-8,10-11,18-19H,4-5,9,12-16H2,1-3H3,(H,21,24). The van der Waals surface area contributed by atoms with Crippen LogP contribution in [0, 0.1) is 5.92 Å². The van der Waals surface area contributed by atoms with Crippen molar-refractivity contribution in [3.05, 3.63) is 35.9 Å². The number of hydrogen-bond acceptors (Lipinski definition) is 4. The van der Waals surface area contributed by atoms with Crippen LogP contribution in [0.2, 0.25) is 0 Å². The van der Waals surface area contributed by atoms with Gasteiger partial charge in [-0.15, -0.1) is 0 Å². The normalized spacial score (nSPS) is 19.8. The fourth-order valence-corrected chi connectivity index (χ4v) is 4.69. The van der Waals surface area contributed by atoms with Crippen LogP contribution in [0.4, 0.5) is 0 Å². The predicted molar refractivity (Wildman–Crippen MR) is 109 cm³/mol. The van der Waals surface area contributed by atoms with Crippen molar-refractivity contribution in [2.45, 2.75) is 39.2 Å². The fraction of sp³-hybridized carbons (Fsp3) is 0.650. The number of benzene rings is 1. The van der Waals surface area contributed by atoms with Gasteiger partial charge in [0.15, 0.2) is 0 Å². The number of carbonyl (C=O) groups excluding carboxylic acids is 1. The molecule has 2 unspecified atom stereocenters. The number of hydrogen-bond donors (Lipinski definition) is 1. The Morgan fingerprint density at radius 3 is 2.52 bits per heavy atom. The summed E-state index contributed by atoms with van der Waals surface area (Å²) in [5, 5.41) is 3.09. The molecule has 152 valence electrons. The highest BCUT2D eigenvalue weighted by molar-refractivity contribution is 7.88. The first kappa shape index (κ1) is 21.9. The molecule has 1 aliphatic rings. The number of nitrogens with one attached hydrogen (secondary N) is 1. The molecule has 1 heterocycles. The van der Waals surface area contributed by atoms with Gasteiger partial charge in [-0.3, -0.25) is 9.69 Å². The minimum Gasteiger partial charge on any atom is -0.354 e. The number of carbonyl (C=O) groups is 1. The van der Waals surface area contributed by atoms with Gasteiger partial charge in [-0.25, -0.2) is 12.7 Å².